The van der Waals surface area contributed by atoms with Crippen LogP contribution in [0, 0.1) is 5.92 Å². The minimum Gasteiger partial charge on any atom is -0.670 e. The number of ketones is 1. The van der Waals surface area contributed by atoms with Crippen LogP contribution < -0.4 is 25.1 Å². The second-order valence-corrected chi connectivity index (χ2v) is 21.8. The third-order valence-electron chi connectivity index (χ3n) is 14.3. The third-order valence-corrected chi connectivity index (χ3v) is 17.3. The predicted molar refractivity (Wildman–Crippen MR) is 278 cm³/mol. The molecular weight excluding hydrogens is 923 g/mol. The summed E-state index contributed by atoms with van der Waals surface area (Å²) >= 11 is 0. The van der Waals surface area contributed by atoms with Crippen LogP contribution >= 0.6 is 21.6 Å². The number of carbonyl (C=O) groups excluding carboxylic acids is 1. The molecule has 1 aromatic heterocycles. The third kappa shape index (κ3) is 11.1. The van der Waals surface area contributed by atoms with Gasteiger partial charge in [-0.15, -0.1) is 0 Å². The fourth-order valence-electron chi connectivity index (χ4n) is 10.8. The van der Waals surface area contributed by atoms with Crippen molar-refractivity contribution in [2.45, 2.75) is 101 Å². The van der Waals surface area contributed by atoms with E-state index in [9.17, 15) is 30.6 Å². The van der Waals surface area contributed by atoms with Crippen LogP contribution in [0.5, 0.6) is 28.7 Å². The Bertz CT molecular complexity index is 2780. The number of carbonyl (C=O) groups is 1. The first-order valence-corrected chi connectivity index (χ1v) is 26.6. The molecule has 6 aromatic rings. The van der Waals surface area contributed by atoms with Crippen molar-refractivity contribution in [2.24, 2.45) is 5.92 Å². The Labute approximate surface area is 418 Å². The van der Waals surface area contributed by atoms with E-state index in [1.807, 2.05) is 37.4 Å². The molecule has 2 heterocycles. The number of nitrogens with one attached hydrogen (secondary N) is 2. The van der Waals surface area contributed by atoms with E-state index in [1.54, 1.807) is 72.3 Å². The van der Waals surface area contributed by atoms with Gasteiger partial charge in [-0.05, 0) is 139 Å². The minimum absolute atomic E-state index is 0.000343. The molecule has 5 atom stereocenters. The van der Waals surface area contributed by atoms with E-state index in [1.165, 1.54) is 0 Å². The highest BCUT2D eigenvalue weighted by molar-refractivity contribution is 8.76. The zero-order chi connectivity index (χ0) is 49.6. The van der Waals surface area contributed by atoms with E-state index in [0.29, 0.717) is 74.4 Å². The lowest BCUT2D eigenvalue weighted by molar-refractivity contribution is -0.127. The highest BCUT2D eigenvalue weighted by atomic mass is 33.1. The van der Waals surface area contributed by atoms with Crippen molar-refractivity contribution in [3.05, 3.63) is 147 Å². The van der Waals surface area contributed by atoms with Gasteiger partial charge in [-0.3, -0.25) is 10.1 Å². The number of phenolic OH excluding ortho intramolecular Hbond substituents is 3. The van der Waals surface area contributed by atoms with E-state index < -0.39 is 23.0 Å². The fourth-order valence-corrected chi connectivity index (χ4v) is 14.0. The summed E-state index contributed by atoms with van der Waals surface area (Å²) in [7, 11) is 6.51. The number of β-amino-alcohol motifs (C(OH)–C–C–N with tert-alkyl or cyclic N) is 1. The molecule has 12 nitrogen and oxygen atoms in total. The quantitative estimate of drug-likeness (QED) is 0.0408. The molecule has 8 N–H and O–H groups in total. The van der Waals surface area contributed by atoms with Crippen molar-refractivity contribution in [3.8, 4) is 28.7 Å². The highest BCUT2D eigenvalue weighted by Crippen LogP contribution is 2.55. The van der Waals surface area contributed by atoms with Gasteiger partial charge >= 0.3 is 0 Å². The standard InChI is InChI=1S/C56H66N3O9S2/c1-5-36-9-10-37-7-6-8-38(17-20-60)51(37)44(36)26-45-39(11-13-46(62)53(45)67-4)24-41(21-34-16-19-58-30-34)48(64)27-50(65)56(42-22-35(29-57-3)23-43(61)25-42)18-15-49-52-40(28-56)12-14-47(63)54(52)68-33-59-31-55(2,66)32-69-70-49/h6-14,16,19,22-23,25,30,41,48-49,57,59-64,66H,5,15,17-18,20-21,24,26-29,31-33H2,1-4H3/q-1/t41-,48+,49+,55+,56-/m0/s1. The summed E-state index contributed by atoms with van der Waals surface area (Å²) in [4.78, 5) is 20.2. The first kappa shape index (κ1) is 51.2. The van der Waals surface area contributed by atoms with Gasteiger partial charge in [-0.1, -0.05) is 88.7 Å². The molecule has 2 aliphatic rings. The normalized spacial score (nSPS) is 20.4. The molecule has 0 amide bonds. The fraction of sp³-hybridized carbons (Fsp3) is 0.411. The van der Waals surface area contributed by atoms with Crippen molar-refractivity contribution < 1.29 is 44.9 Å². The van der Waals surface area contributed by atoms with Crippen LogP contribution in [0.1, 0.15) is 94.0 Å². The van der Waals surface area contributed by atoms with Gasteiger partial charge in [-0.2, -0.15) is 12.4 Å². The summed E-state index contributed by atoms with van der Waals surface area (Å²) in [6, 6.07) is 24.6. The van der Waals surface area contributed by atoms with Crippen LogP contribution in [-0.2, 0) is 55.3 Å². The predicted octanol–water partition coefficient (Wildman–Crippen LogP) is 8.14. The van der Waals surface area contributed by atoms with Crippen molar-refractivity contribution in [1.82, 2.24) is 15.6 Å². The lowest BCUT2D eigenvalue weighted by atomic mass is 9.68. The molecule has 0 unspecified atom stereocenters. The second kappa shape index (κ2) is 22.5. The molecule has 1 aliphatic heterocycles. The van der Waals surface area contributed by atoms with Crippen molar-refractivity contribution in [1.29, 1.82) is 0 Å². The number of hydrogen-bond donors (Lipinski definition) is 8. The zero-order valence-corrected chi connectivity index (χ0v) is 42.1. The van der Waals surface area contributed by atoms with Crippen LogP contribution in [0.25, 0.3) is 10.8 Å². The first-order chi connectivity index (χ1) is 33.8. The molecule has 372 valence electrons. The first-order valence-electron chi connectivity index (χ1n) is 24.2. The average Bonchev–Trinajstić information content (AvgIpc) is 3.78. The van der Waals surface area contributed by atoms with E-state index >= 15 is 4.79 Å². The number of aliphatic hydroxyl groups is 3. The number of hydrogen-bond acceptors (Lipinski definition) is 13. The number of fused-ring (bicyclic) bond motifs is 1. The number of aryl methyl sites for hydroxylation is 1. The molecule has 0 saturated heterocycles. The zero-order valence-electron chi connectivity index (χ0n) is 40.5. The molecule has 1 aliphatic carbocycles. The summed E-state index contributed by atoms with van der Waals surface area (Å²) in [6.07, 6.45) is 5.64. The second-order valence-electron chi connectivity index (χ2n) is 19.3. The van der Waals surface area contributed by atoms with Gasteiger partial charge in [0.1, 0.15) is 18.3 Å². The number of Topliss-reactive ketones (excluding diaryl/α,β-unsaturated/α-hetero) is 1. The maximum atomic E-state index is 15.8. The van der Waals surface area contributed by atoms with Gasteiger partial charge in [0, 0.05) is 54.7 Å². The number of ether oxygens (including phenoxy) is 2. The summed E-state index contributed by atoms with van der Waals surface area (Å²) in [6.45, 7) is 4.70. The van der Waals surface area contributed by atoms with Crippen LogP contribution in [0.2, 0.25) is 0 Å². The smallest absolute Gasteiger partial charge is 0.167 e. The van der Waals surface area contributed by atoms with Crippen molar-refractivity contribution in [2.75, 3.05) is 39.8 Å². The maximum Gasteiger partial charge on any atom is 0.167 e. The molecule has 0 fully saturated rings. The number of phenols is 3. The largest absolute Gasteiger partial charge is 0.670 e. The molecule has 0 spiro atoms. The van der Waals surface area contributed by atoms with E-state index in [2.05, 4.69) is 46.8 Å². The molecular formula is C56H66N3O9S2-. The minimum atomic E-state index is -1.22. The lowest BCUT2D eigenvalue weighted by Gasteiger charge is -2.35. The number of aromatic hydroxyl groups is 3. The Kier molecular flexibility index (Phi) is 16.4. The van der Waals surface area contributed by atoms with Crippen molar-refractivity contribution in [3.63, 3.8) is 0 Å². The highest BCUT2D eigenvalue weighted by Gasteiger charge is 2.46. The van der Waals surface area contributed by atoms with Gasteiger partial charge in [0.25, 0.3) is 0 Å². The van der Waals surface area contributed by atoms with E-state index in [-0.39, 0.29) is 54.5 Å². The molecule has 8 rings (SSSR count). The SMILES string of the molecule is CCc1ccc2cccc(CCO)c2c1Cc1c(C[C@H](Cc2cc[n-]c2)[C@H](O)CC(=O)[C@@]2(c3cc(O)cc(CNC)c3)CC[C@H]3SSC[C@](C)(O)CNCOc4c(O)ccc(c43)C2)ccc(O)c1OC. The molecule has 0 radical (unpaired) electrons. The Morgan fingerprint density at radius 1 is 0.986 bits per heavy atom. The average molecular weight is 989 g/mol. The number of benzene rings is 5. The molecule has 70 heavy (non-hydrogen) atoms. The monoisotopic (exact) mass is 988 g/mol. The number of aromatic nitrogens is 1. The number of nitrogens with zero attached hydrogens (tertiary/aromatic N) is 1. The molecule has 0 bridgehead atoms. The number of aliphatic hydroxyl groups excluding tert-OH is 2. The summed E-state index contributed by atoms with van der Waals surface area (Å²) < 4.78 is 12.2. The summed E-state index contributed by atoms with van der Waals surface area (Å²) in [5.41, 5.74) is 6.62. The topological polar surface area (TPSA) is 195 Å². The number of methoxy groups -OCH3 is 1. The van der Waals surface area contributed by atoms with Gasteiger partial charge in [-0.25, -0.2) is 0 Å². The van der Waals surface area contributed by atoms with Gasteiger partial charge in [0.05, 0.1) is 24.2 Å². The van der Waals surface area contributed by atoms with Gasteiger partial charge in [0.15, 0.2) is 23.0 Å². The molecule has 0 saturated carbocycles. The van der Waals surface area contributed by atoms with E-state index in [4.69, 9.17) is 9.47 Å². The van der Waals surface area contributed by atoms with Crippen molar-refractivity contribution >= 4 is 38.1 Å². The Morgan fingerprint density at radius 2 is 1.80 bits per heavy atom. The Balaban J connectivity index is 1.21. The number of rotatable bonds is 17. The Morgan fingerprint density at radius 3 is 2.56 bits per heavy atom. The van der Waals surface area contributed by atoms with Crippen LogP contribution in [0.4, 0.5) is 0 Å². The van der Waals surface area contributed by atoms with Crippen LogP contribution in [0.15, 0.2) is 91.3 Å². The van der Waals surface area contributed by atoms with E-state index in [0.717, 1.165) is 67.3 Å². The molecule has 5 aromatic carbocycles. The van der Waals surface area contributed by atoms with Gasteiger partial charge < -0.3 is 50.4 Å². The maximum absolute atomic E-state index is 15.8. The Hall–Kier alpha value is -5.19. The van der Waals surface area contributed by atoms with Crippen LogP contribution in [0.3, 0.4) is 0 Å². The van der Waals surface area contributed by atoms with Gasteiger partial charge in [0.2, 0.25) is 0 Å². The summed E-state index contributed by atoms with van der Waals surface area (Å²) in [5, 5.41) is 76.2. The molecule has 14 heteroatoms. The lowest BCUT2D eigenvalue weighted by Crippen LogP contribution is -2.41. The summed E-state index contributed by atoms with van der Waals surface area (Å²) in [5.74, 6) is 0.451. The van der Waals surface area contributed by atoms with Crippen LogP contribution in [-0.4, -0.2) is 87.9 Å².